The molecular weight excluding hydrogens is 401 g/mol. The van der Waals surface area contributed by atoms with Crippen molar-refractivity contribution in [2.45, 2.75) is 31.7 Å². The highest BCUT2D eigenvalue weighted by atomic mass is 32.2. The lowest BCUT2D eigenvalue weighted by atomic mass is 10.1. The third kappa shape index (κ3) is 5.81. The smallest absolute Gasteiger partial charge is 0.416 e. The molecule has 0 radical (unpaired) electrons. The van der Waals surface area contributed by atoms with Gasteiger partial charge in [0.25, 0.3) is 0 Å². The van der Waals surface area contributed by atoms with Crippen molar-refractivity contribution in [3.63, 3.8) is 0 Å². The van der Waals surface area contributed by atoms with Gasteiger partial charge in [-0.25, -0.2) is 4.79 Å². The monoisotopic (exact) mass is 416 g/mol. The Hall–Kier alpha value is -2.89. The second kappa shape index (κ2) is 8.42. The van der Waals surface area contributed by atoms with Crippen LogP contribution in [0.25, 0.3) is 0 Å². The average molecular weight is 416 g/mol. The Kier molecular flexibility index (Phi) is 6.44. The van der Waals surface area contributed by atoms with Crippen LogP contribution in [0, 0.1) is 0 Å². The van der Waals surface area contributed by atoms with Crippen LogP contribution >= 0.6 is 11.8 Å². The van der Waals surface area contributed by atoms with Crippen molar-refractivity contribution in [3.8, 4) is 0 Å². The Morgan fingerprint density at radius 3 is 2.54 bits per heavy atom. The number of carbonyl (C=O) groups excluding carboxylic acids is 2. The molecule has 1 saturated heterocycles. The van der Waals surface area contributed by atoms with E-state index >= 15 is 0 Å². The van der Waals surface area contributed by atoms with Crippen molar-refractivity contribution in [1.29, 1.82) is 0 Å². The largest absolute Gasteiger partial charge is 0.478 e. The number of hydrogen-bond acceptors (Lipinski definition) is 6. The lowest BCUT2D eigenvalue weighted by molar-refractivity contribution is -0.137. The molecule has 1 fully saturated rings. The Balaban J connectivity index is 2.12. The predicted molar refractivity (Wildman–Crippen MR) is 97.4 cm³/mol. The number of halogens is 3. The van der Waals surface area contributed by atoms with Gasteiger partial charge in [-0.2, -0.15) is 18.3 Å². The number of nitrogens with zero attached hydrogens (tertiary/aromatic N) is 2. The summed E-state index contributed by atoms with van der Waals surface area (Å²) in [5, 5.41) is 20.6. The molecule has 8 nitrogen and oxygen atoms in total. The Morgan fingerprint density at radius 1 is 1.29 bits per heavy atom. The number of anilines is 1. The first-order valence-corrected chi connectivity index (χ1v) is 8.65. The number of thioether (sulfide) groups is 1. The Morgan fingerprint density at radius 2 is 1.96 bits per heavy atom. The number of carbonyl (C=O) groups is 3. The zero-order valence-corrected chi connectivity index (χ0v) is 15.4. The lowest BCUT2D eigenvalue weighted by Crippen LogP contribution is -2.28. The minimum Gasteiger partial charge on any atom is -0.478 e. The lowest BCUT2D eigenvalue weighted by Gasteiger charge is -2.12. The zero-order valence-electron chi connectivity index (χ0n) is 14.6. The number of amides is 2. The van der Waals surface area contributed by atoms with Gasteiger partial charge in [0.1, 0.15) is 5.25 Å². The van der Waals surface area contributed by atoms with E-state index in [1.54, 1.807) is 13.8 Å². The van der Waals surface area contributed by atoms with E-state index in [0.29, 0.717) is 17.8 Å². The van der Waals surface area contributed by atoms with E-state index in [1.165, 1.54) is 0 Å². The number of alkyl halides is 3. The quantitative estimate of drug-likeness (QED) is 0.504. The molecule has 1 unspecified atom stereocenters. The molecule has 0 spiro atoms. The van der Waals surface area contributed by atoms with E-state index in [9.17, 15) is 27.6 Å². The minimum absolute atomic E-state index is 0.205. The molecule has 1 atom stereocenters. The molecule has 0 aromatic heterocycles. The van der Waals surface area contributed by atoms with Gasteiger partial charge in [0, 0.05) is 17.8 Å². The van der Waals surface area contributed by atoms with Crippen LogP contribution in [0.5, 0.6) is 0 Å². The summed E-state index contributed by atoms with van der Waals surface area (Å²) in [6, 6.07) is 2.00. The second-order valence-electron chi connectivity index (χ2n) is 5.90. The molecule has 0 aliphatic carbocycles. The standard InChI is InChI=1S/C16H15F3N4O4S/c1-7(2)22-23-15-21-13(25)11(28-15)6-12(24)20-10-4-8(14(26)27)3-9(5-10)16(17,18)19/h3-5,11H,6H2,1-2H3,(H,20,24)(H,26,27)(H,21,23,25). The highest BCUT2D eigenvalue weighted by molar-refractivity contribution is 8.15. The van der Waals surface area contributed by atoms with E-state index in [4.69, 9.17) is 5.11 Å². The summed E-state index contributed by atoms with van der Waals surface area (Å²) in [5.41, 5.74) is -1.51. The molecule has 0 saturated carbocycles. The number of rotatable bonds is 5. The van der Waals surface area contributed by atoms with Gasteiger partial charge >= 0.3 is 12.1 Å². The summed E-state index contributed by atoms with van der Waals surface area (Å²) in [5.74, 6) is -2.81. The number of carboxylic acids is 1. The Bertz CT molecular complexity index is 879. The van der Waals surface area contributed by atoms with Gasteiger partial charge in [-0.05, 0) is 32.0 Å². The SMILES string of the molecule is CC(C)=N/N=C1\NC(=O)C(CC(=O)Nc2cc(C(=O)O)cc(C(F)(F)F)c2)S1. The third-order valence-electron chi connectivity index (χ3n) is 3.28. The summed E-state index contributed by atoms with van der Waals surface area (Å²) in [6.07, 6.45) is -5.13. The molecule has 28 heavy (non-hydrogen) atoms. The first-order valence-electron chi connectivity index (χ1n) is 7.77. The van der Waals surface area contributed by atoms with Crippen molar-refractivity contribution in [2.24, 2.45) is 10.2 Å². The molecule has 1 aliphatic heterocycles. The fourth-order valence-electron chi connectivity index (χ4n) is 2.10. The molecule has 12 heteroatoms. The number of amidine groups is 1. The highest BCUT2D eigenvalue weighted by Gasteiger charge is 2.34. The summed E-state index contributed by atoms with van der Waals surface area (Å²) >= 11 is 0.962. The molecule has 2 rings (SSSR count). The van der Waals surface area contributed by atoms with Gasteiger partial charge in [0.15, 0.2) is 5.17 Å². The molecule has 0 bridgehead atoms. The fourth-order valence-corrected chi connectivity index (χ4v) is 3.02. The second-order valence-corrected chi connectivity index (χ2v) is 7.09. The van der Waals surface area contributed by atoms with Crippen LogP contribution in [0.2, 0.25) is 0 Å². The van der Waals surface area contributed by atoms with Crippen molar-refractivity contribution in [3.05, 3.63) is 29.3 Å². The topological polar surface area (TPSA) is 120 Å². The maximum Gasteiger partial charge on any atom is 0.416 e. The predicted octanol–water partition coefficient (Wildman–Crippen LogP) is 2.72. The molecule has 2 amide bonds. The number of carboxylic acid groups (broad SMARTS) is 1. The van der Waals surface area contributed by atoms with Crippen LogP contribution in [0.3, 0.4) is 0 Å². The van der Waals surface area contributed by atoms with E-state index in [1.807, 2.05) is 0 Å². The van der Waals surface area contributed by atoms with E-state index < -0.39 is 40.3 Å². The average Bonchev–Trinajstić information content (AvgIpc) is 2.91. The summed E-state index contributed by atoms with van der Waals surface area (Å²) in [7, 11) is 0. The van der Waals surface area contributed by atoms with Crippen LogP contribution in [-0.2, 0) is 15.8 Å². The molecular formula is C16H15F3N4O4S. The maximum absolute atomic E-state index is 12.9. The molecule has 1 aromatic carbocycles. The fraction of sp³-hybridized carbons (Fsp3) is 0.312. The van der Waals surface area contributed by atoms with Crippen molar-refractivity contribution in [2.75, 3.05) is 5.32 Å². The third-order valence-corrected chi connectivity index (χ3v) is 4.35. The molecule has 1 aromatic rings. The van der Waals surface area contributed by atoms with Gasteiger partial charge in [0.05, 0.1) is 11.1 Å². The van der Waals surface area contributed by atoms with Crippen LogP contribution < -0.4 is 10.6 Å². The number of nitrogens with one attached hydrogen (secondary N) is 2. The molecule has 1 heterocycles. The van der Waals surface area contributed by atoms with Gasteiger partial charge in [-0.3, -0.25) is 9.59 Å². The van der Waals surface area contributed by atoms with E-state index in [-0.39, 0.29) is 17.3 Å². The minimum atomic E-state index is -4.78. The molecule has 3 N–H and O–H groups in total. The Labute approximate surface area is 161 Å². The van der Waals surface area contributed by atoms with Crippen LogP contribution in [0.4, 0.5) is 18.9 Å². The van der Waals surface area contributed by atoms with Gasteiger partial charge in [-0.1, -0.05) is 11.8 Å². The first kappa shape index (κ1) is 21.4. The summed E-state index contributed by atoms with van der Waals surface area (Å²) < 4.78 is 38.7. The van der Waals surface area contributed by atoms with Crippen molar-refractivity contribution < 1.29 is 32.7 Å². The van der Waals surface area contributed by atoms with Gasteiger partial charge < -0.3 is 15.7 Å². The first-order chi connectivity index (χ1) is 13.0. The number of aromatic carboxylic acids is 1. The number of benzene rings is 1. The zero-order chi connectivity index (χ0) is 21.1. The summed E-state index contributed by atoms with van der Waals surface area (Å²) in [6.45, 7) is 3.41. The van der Waals surface area contributed by atoms with E-state index in [0.717, 1.165) is 17.8 Å². The van der Waals surface area contributed by atoms with Crippen LogP contribution in [0.15, 0.2) is 28.4 Å². The van der Waals surface area contributed by atoms with E-state index in [2.05, 4.69) is 20.8 Å². The van der Waals surface area contributed by atoms with Crippen LogP contribution in [0.1, 0.15) is 36.2 Å². The maximum atomic E-state index is 12.9. The van der Waals surface area contributed by atoms with Crippen molar-refractivity contribution in [1.82, 2.24) is 5.32 Å². The molecule has 150 valence electrons. The van der Waals surface area contributed by atoms with Crippen molar-refractivity contribution >= 4 is 46.1 Å². The van der Waals surface area contributed by atoms with Gasteiger partial charge in [-0.15, -0.1) is 5.10 Å². The summed E-state index contributed by atoms with van der Waals surface area (Å²) in [4.78, 5) is 35.0. The van der Waals surface area contributed by atoms with Crippen LogP contribution in [-0.4, -0.2) is 39.0 Å². The van der Waals surface area contributed by atoms with Gasteiger partial charge in [0.2, 0.25) is 11.8 Å². The normalized spacial score (nSPS) is 18.0. The molecule has 1 aliphatic rings. The number of hydrogen-bond donors (Lipinski definition) is 3. The highest BCUT2D eigenvalue weighted by Crippen LogP contribution is 2.32.